The van der Waals surface area contributed by atoms with Gasteiger partial charge in [0.25, 0.3) is 0 Å². The van der Waals surface area contributed by atoms with Crippen molar-refractivity contribution in [3.63, 3.8) is 0 Å². The number of aromatic nitrogens is 4. The molecule has 36 heavy (non-hydrogen) atoms. The number of aryl methyl sites for hydroxylation is 2. The summed E-state index contributed by atoms with van der Waals surface area (Å²) in [5.41, 5.74) is 1.80. The number of hydrogen-bond acceptors (Lipinski definition) is 6. The Bertz CT molecular complexity index is 1320. The van der Waals surface area contributed by atoms with Gasteiger partial charge in [-0.3, -0.25) is 4.68 Å². The van der Waals surface area contributed by atoms with Crippen LogP contribution in [0.3, 0.4) is 0 Å². The minimum absolute atomic E-state index is 0.00822. The Labute approximate surface area is 209 Å². The van der Waals surface area contributed by atoms with E-state index in [1.165, 1.54) is 24.0 Å². The van der Waals surface area contributed by atoms with Crippen molar-refractivity contribution < 1.29 is 26.7 Å². The Morgan fingerprint density at radius 2 is 2.00 bits per heavy atom. The summed E-state index contributed by atoms with van der Waals surface area (Å²) in [6, 6.07) is 8.23. The van der Waals surface area contributed by atoms with Crippen LogP contribution in [0.1, 0.15) is 33.8 Å². The predicted octanol–water partition coefficient (Wildman–Crippen LogP) is 6.42. The molecule has 0 saturated heterocycles. The molecule has 0 aliphatic carbocycles. The quantitative estimate of drug-likeness (QED) is 0.178. The van der Waals surface area contributed by atoms with E-state index in [-0.39, 0.29) is 18.1 Å². The summed E-state index contributed by atoms with van der Waals surface area (Å²) in [6.45, 7) is 3.00. The monoisotopic (exact) mass is 518 g/mol. The number of ether oxygens (including phenoxy) is 1. The first-order valence-electron chi connectivity index (χ1n) is 10.9. The maximum atomic E-state index is 14.0. The molecule has 0 N–H and O–H groups in total. The number of rotatable bonds is 10. The lowest BCUT2D eigenvalue weighted by Crippen LogP contribution is -2.05. The van der Waals surface area contributed by atoms with E-state index in [0.717, 1.165) is 35.7 Å². The Morgan fingerprint density at radius 1 is 1.14 bits per heavy atom. The third kappa shape index (κ3) is 6.97. The van der Waals surface area contributed by atoms with E-state index in [2.05, 4.69) is 15.3 Å². The van der Waals surface area contributed by atoms with Crippen molar-refractivity contribution in [3.05, 3.63) is 94.7 Å². The van der Waals surface area contributed by atoms with Crippen molar-refractivity contribution in [2.45, 2.75) is 32.0 Å². The molecule has 0 spiro atoms. The second kappa shape index (κ2) is 11.4. The fourth-order valence-corrected chi connectivity index (χ4v) is 4.24. The highest BCUT2D eigenvalue weighted by Gasteiger charge is 2.30. The van der Waals surface area contributed by atoms with Crippen molar-refractivity contribution in [3.8, 4) is 5.75 Å². The predicted molar refractivity (Wildman–Crippen MR) is 129 cm³/mol. The van der Waals surface area contributed by atoms with E-state index in [4.69, 9.17) is 9.15 Å². The van der Waals surface area contributed by atoms with Crippen LogP contribution >= 0.6 is 11.8 Å². The van der Waals surface area contributed by atoms with Crippen LogP contribution in [0, 0.1) is 12.7 Å². The molecule has 0 bridgehead atoms. The average molecular weight is 519 g/mol. The topological polar surface area (TPSA) is 66.0 Å². The summed E-state index contributed by atoms with van der Waals surface area (Å²) < 4.78 is 64.9. The van der Waals surface area contributed by atoms with E-state index in [1.807, 2.05) is 43.1 Å². The third-order valence-corrected chi connectivity index (χ3v) is 6.18. The molecule has 0 aliphatic heterocycles. The Morgan fingerprint density at radius 3 is 2.72 bits per heavy atom. The summed E-state index contributed by atoms with van der Waals surface area (Å²) >= 11 is 1.81. The van der Waals surface area contributed by atoms with Gasteiger partial charge in [-0.15, -0.1) is 5.10 Å². The standard InChI is InChI=1S/C25H22F4N4O2S/c1-17-12-22(6-3-19(17)16-36-11-10-33-9-8-30-32-33)34-14-21-15-35-24(31-21)7-4-18-2-5-20(13-23(18)26)25(27,28)29/h2-9,12-13,15H,10-11,14,16H2,1H3/b7-4+. The number of oxazole rings is 1. The number of hydrogen-bond donors (Lipinski definition) is 0. The summed E-state index contributed by atoms with van der Waals surface area (Å²) in [4.78, 5) is 4.24. The number of benzene rings is 2. The molecular formula is C25H22F4N4O2S. The van der Waals surface area contributed by atoms with Gasteiger partial charge >= 0.3 is 6.18 Å². The second-order valence-corrected chi connectivity index (χ2v) is 8.95. The molecule has 0 saturated carbocycles. The Kier molecular flexibility index (Phi) is 8.09. The second-order valence-electron chi connectivity index (χ2n) is 7.84. The third-order valence-electron chi connectivity index (χ3n) is 5.20. The molecule has 4 rings (SSSR count). The van der Waals surface area contributed by atoms with E-state index >= 15 is 0 Å². The van der Waals surface area contributed by atoms with E-state index in [0.29, 0.717) is 17.5 Å². The molecule has 6 nitrogen and oxygen atoms in total. The van der Waals surface area contributed by atoms with Gasteiger partial charge in [-0.05, 0) is 48.4 Å². The SMILES string of the molecule is Cc1cc(OCc2coc(/C=C/c3ccc(C(F)(F)F)cc3F)n2)ccc1CSCCn1ccnn1. The molecule has 0 aliphatic rings. The van der Waals surface area contributed by atoms with Gasteiger partial charge in [-0.25, -0.2) is 9.37 Å². The Balaban J connectivity index is 1.27. The van der Waals surface area contributed by atoms with E-state index < -0.39 is 17.6 Å². The van der Waals surface area contributed by atoms with Crippen molar-refractivity contribution in [1.82, 2.24) is 20.0 Å². The van der Waals surface area contributed by atoms with E-state index in [1.54, 1.807) is 10.9 Å². The van der Waals surface area contributed by atoms with Gasteiger partial charge in [0.2, 0.25) is 5.89 Å². The van der Waals surface area contributed by atoms with Gasteiger partial charge in [0, 0.05) is 29.3 Å². The minimum atomic E-state index is -4.60. The highest BCUT2D eigenvalue weighted by Crippen LogP contribution is 2.30. The fourth-order valence-electron chi connectivity index (χ4n) is 3.23. The van der Waals surface area contributed by atoms with Crippen LogP contribution in [0.5, 0.6) is 5.75 Å². The number of alkyl halides is 3. The molecule has 0 fully saturated rings. The van der Waals surface area contributed by atoms with Crippen LogP contribution in [0.2, 0.25) is 0 Å². The molecular weight excluding hydrogens is 496 g/mol. The zero-order chi connectivity index (χ0) is 25.5. The molecule has 2 heterocycles. The molecule has 0 atom stereocenters. The lowest BCUT2D eigenvalue weighted by atomic mass is 10.1. The highest BCUT2D eigenvalue weighted by molar-refractivity contribution is 7.98. The van der Waals surface area contributed by atoms with Crippen LogP contribution in [-0.4, -0.2) is 25.7 Å². The van der Waals surface area contributed by atoms with Gasteiger partial charge in [-0.1, -0.05) is 17.3 Å². The number of thioether (sulfide) groups is 1. The molecule has 4 aromatic rings. The van der Waals surface area contributed by atoms with Crippen molar-refractivity contribution in [1.29, 1.82) is 0 Å². The first kappa shape index (κ1) is 25.5. The maximum Gasteiger partial charge on any atom is 0.416 e. The Hall–Kier alpha value is -3.60. The fraction of sp³-hybridized carbons (Fsp3) is 0.240. The first-order chi connectivity index (χ1) is 17.3. The molecule has 2 aromatic carbocycles. The van der Waals surface area contributed by atoms with Gasteiger partial charge < -0.3 is 9.15 Å². The van der Waals surface area contributed by atoms with Crippen LogP contribution in [0.15, 0.2) is 59.5 Å². The van der Waals surface area contributed by atoms with Crippen LogP contribution in [-0.2, 0) is 25.1 Å². The van der Waals surface area contributed by atoms with Gasteiger partial charge in [-0.2, -0.15) is 24.9 Å². The number of halogens is 4. The summed E-state index contributed by atoms with van der Waals surface area (Å²) in [6.07, 6.45) is 3.00. The zero-order valence-corrected chi connectivity index (χ0v) is 20.0. The molecule has 2 aromatic heterocycles. The molecule has 188 valence electrons. The normalized spacial score (nSPS) is 11.9. The van der Waals surface area contributed by atoms with Crippen LogP contribution in [0.4, 0.5) is 17.6 Å². The van der Waals surface area contributed by atoms with Crippen LogP contribution in [0.25, 0.3) is 12.2 Å². The van der Waals surface area contributed by atoms with Gasteiger partial charge in [0.05, 0.1) is 18.3 Å². The van der Waals surface area contributed by atoms with Gasteiger partial charge in [0.15, 0.2) is 0 Å². The van der Waals surface area contributed by atoms with Gasteiger partial charge in [0.1, 0.15) is 30.1 Å². The zero-order valence-electron chi connectivity index (χ0n) is 19.2. The first-order valence-corrected chi connectivity index (χ1v) is 12.1. The molecule has 11 heteroatoms. The number of nitrogens with zero attached hydrogens (tertiary/aromatic N) is 4. The smallest absolute Gasteiger partial charge is 0.416 e. The summed E-state index contributed by atoms with van der Waals surface area (Å²) in [5.74, 6) is 1.69. The maximum absolute atomic E-state index is 14.0. The summed E-state index contributed by atoms with van der Waals surface area (Å²) in [5, 5.41) is 7.74. The summed E-state index contributed by atoms with van der Waals surface area (Å²) in [7, 11) is 0. The lowest BCUT2D eigenvalue weighted by molar-refractivity contribution is -0.137. The van der Waals surface area contributed by atoms with Crippen LogP contribution < -0.4 is 4.74 Å². The van der Waals surface area contributed by atoms with Crippen molar-refractivity contribution in [2.24, 2.45) is 0 Å². The molecule has 0 amide bonds. The molecule has 0 radical (unpaired) electrons. The molecule has 0 unspecified atom stereocenters. The highest BCUT2D eigenvalue weighted by atomic mass is 32.2. The minimum Gasteiger partial charge on any atom is -0.487 e. The average Bonchev–Trinajstić information content (AvgIpc) is 3.52. The van der Waals surface area contributed by atoms with Crippen molar-refractivity contribution >= 4 is 23.9 Å². The van der Waals surface area contributed by atoms with Crippen molar-refractivity contribution in [2.75, 3.05) is 5.75 Å². The van der Waals surface area contributed by atoms with E-state index in [9.17, 15) is 17.6 Å². The largest absolute Gasteiger partial charge is 0.487 e. The lowest BCUT2D eigenvalue weighted by Gasteiger charge is -2.09.